The summed E-state index contributed by atoms with van der Waals surface area (Å²) in [5.41, 5.74) is 1.50. The molecular formula is C18H20N4O3. The summed E-state index contributed by atoms with van der Waals surface area (Å²) < 4.78 is 4.66. The number of anilines is 2. The number of rotatable bonds is 5. The molecule has 0 radical (unpaired) electrons. The molecule has 1 aliphatic carbocycles. The van der Waals surface area contributed by atoms with Gasteiger partial charge in [-0.15, -0.1) is 0 Å². The molecule has 0 bridgehead atoms. The van der Waals surface area contributed by atoms with E-state index in [-0.39, 0.29) is 11.9 Å². The number of benzene rings is 1. The Labute approximate surface area is 145 Å². The van der Waals surface area contributed by atoms with E-state index in [1.807, 2.05) is 0 Å². The maximum absolute atomic E-state index is 12.3. The first kappa shape index (κ1) is 16.9. The van der Waals surface area contributed by atoms with Gasteiger partial charge >= 0.3 is 5.97 Å². The van der Waals surface area contributed by atoms with Gasteiger partial charge < -0.3 is 15.4 Å². The maximum Gasteiger partial charge on any atom is 0.337 e. The van der Waals surface area contributed by atoms with Crippen molar-refractivity contribution in [2.24, 2.45) is 0 Å². The second kappa shape index (κ2) is 7.74. The number of nitrogens with one attached hydrogen (secondary N) is 2. The summed E-state index contributed by atoms with van der Waals surface area (Å²) >= 11 is 0. The molecule has 1 saturated carbocycles. The van der Waals surface area contributed by atoms with Crippen LogP contribution in [-0.2, 0) is 4.74 Å². The molecule has 2 N–H and O–H groups in total. The fourth-order valence-electron chi connectivity index (χ4n) is 2.81. The first-order valence-corrected chi connectivity index (χ1v) is 8.25. The molecule has 1 aromatic heterocycles. The van der Waals surface area contributed by atoms with E-state index in [1.54, 1.807) is 36.5 Å². The van der Waals surface area contributed by atoms with Crippen LogP contribution in [0.3, 0.4) is 0 Å². The third kappa shape index (κ3) is 4.32. The number of carbonyl (C=O) groups excluding carboxylic acids is 2. The zero-order valence-corrected chi connectivity index (χ0v) is 14.0. The Bertz CT molecular complexity index is 755. The fourth-order valence-corrected chi connectivity index (χ4v) is 2.81. The molecule has 0 unspecified atom stereocenters. The maximum atomic E-state index is 12.3. The summed E-state index contributed by atoms with van der Waals surface area (Å²) in [5.74, 6) is -0.253. The van der Waals surface area contributed by atoms with E-state index in [0.29, 0.717) is 22.9 Å². The first-order chi connectivity index (χ1) is 12.2. The number of amides is 1. The van der Waals surface area contributed by atoms with Crippen molar-refractivity contribution in [2.75, 3.05) is 12.4 Å². The van der Waals surface area contributed by atoms with Crippen molar-refractivity contribution in [1.29, 1.82) is 0 Å². The highest BCUT2D eigenvalue weighted by Crippen LogP contribution is 2.18. The molecule has 2 aromatic rings. The number of hydrogen-bond acceptors (Lipinski definition) is 6. The lowest BCUT2D eigenvalue weighted by molar-refractivity contribution is 0.0600. The lowest BCUT2D eigenvalue weighted by Gasteiger charge is -2.12. The average Bonchev–Trinajstić information content (AvgIpc) is 3.15. The van der Waals surface area contributed by atoms with Gasteiger partial charge in [0.25, 0.3) is 5.91 Å². The summed E-state index contributed by atoms with van der Waals surface area (Å²) in [7, 11) is 1.34. The number of methoxy groups -OCH3 is 1. The van der Waals surface area contributed by atoms with E-state index in [1.165, 1.54) is 7.11 Å². The number of esters is 1. The number of ether oxygens (including phenoxy) is 1. The Hall–Kier alpha value is -2.96. The summed E-state index contributed by atoms with van der Waals surface area (Å²) in [6.07, 6.45) is 5.90. The van der Waals surface area contributed by atoms with Crippen molar-refractivity contribution in [3.05, 3.63) is 47.8 Å². The molecule has 0 spiro atoms. The molecule has 1 fully saturated rings. The first-order valence-electron chi connectivity index (χ1n) is 8.25. The van der Waals surface area contributed by atoms with Crippen molar-refractivity contribution < 1.29 is 14.3 Å². The standard InChI is InChI=1S/C18H20N4O3/c1-25-17(24)12-6-8-14(9-7-12)21-18-19-11-10-15(22-18)16(23)20-13-4-2-3-5-13/h6-11,13H,2-5H2,1H3,(H,20,23)(H,19,21,22). The predicted octanol–water partition coefficient (Wildman–Crippen LogP) is 2.68. The summed E-state index contributed by atoms with van der Waals surface area (Å²) in [4.78, 5) is 32.1. The van der Waals surface area contributed by atoms with Crippen molar-refractivity contribution in [2.45, 2.75) is 31.7 Å². The average molecular weight is 340 g/mol. The summed E-state index contributed by atoms with van der Waals surface area (Å²) in [6, 6.07) is 8.57. The van der Waals surface area contributed by atoms with E-state index >= 15 is 0 Å². The smallest absolute Gasteiger partial charge is 0.337 e. The van der Waals surface area contributed by atoms with Crippen LogP contribution >= 0.6 is 0 Å². The van der Waals surface area contributed by atoms with Crippen molar-refractivity contribution in [1.82, 2.24) is 15.3 Å². The molecule has 130 valence electrons. The molecule has 0 atom stereocenters. The van der Waals surface area contributed by atoms with Gasteiger partial charge in [-0.1, -0.05) is 12.8 Å². The fraction of sp³-hybridized carbons (Fsp3) is 0.333. The molecule has 3 rings (SSSR count). The quantitative estimate of drug-likeness (QED) is 0.813. The van der Waals surface area contributed by atoms with Crippen LogP contribution in [-0.4, -0.2) is 35.0 Å². The van der Waals surface area contributed by atoms with Crippen LogP contribution in [0.15, 0.2) is 36.5 Å². The molecule has 1 amide bonds. The van der Waals surface area contributed by atoms with Gasteiger partial charge in [0.2, 0.25) is 5.95 Å². The summed E-state index contributed by atoms with van der Waals surface area (Å²) in [5, 5.41) is 6.03. The van der Waals surface area contributed by atoms with Crippen LogP contribution in [0.25, 0.3) is 0 Å². The van der Waals surface area contributed by atoms with Gasteiger partial charge in [-0.3, -0.25) is 4.79 Å². The van der Waals surface area contributed by atoms with Gasteiger partial charge in [0.15, 0.2) is 0 Å². The molecule has 0 saturated heterocycles. The normalized spacial score (nSPS) is 14.1. The Morgan fingerprint density at radius 2 is 1.84 bits per heavy atom. The second-order valence-corrected chi connectivity index (χ2v) is 5.91. The van der Waals surface area contributed by atoms with E-state index < -0.39 is 5.97 Å². The number of aromatic nitrogens is 2. The third-order valence-electron chi connectivity index (χ3n) is 4.14. The monoisotopic (exact) mass is 340 g/mol. The van der Waals surface area contributed by atoms with Crippen LogP contribution in [0, 0.1) is 0 Å². The second-order valence-electron chi connectivity index (χ2n) is 5.91. The molecule has 1 heterocycles. The largest absolute Gasteiger partial charge is 0.465 e. The highest BCUT2D eigenvalue weighted by Gasteiger charge is 2.19. The highest BCUT2D eigenvalue weighted by molar-refractivity contribution is 5.92. The number of carbonyl (C=O) groups is 2. The van der Waals surface area contributed by atoms with Crippen LogP contribution in [0.1, 0.15) is 46.5 Å². The number of nitrogens with zero attached hydrogens (tertiary/aromatic N) is 2. The van der Waals surface area contributed by atoms with Gasteiger partial charge in [0.1, 0.15) is 5.69 Å². The van der Waals surface area contributed by atoms with Crippen LogP contribution in [0.2, 0.25) is 0 Å². The minimum atomic E-state index is -0.395. The minimum absolute atomic E-state index is 0.182. The Balaban J connectivity index is 1.66. The van der Waals surface area contributed by atoms with Crippen LogP contribution < -0.4 is 10.6 Å². The van der Waals surface area contributed by atoms with E-state index in [9.17, 15) is 9.59 Å². The zero-order chi connectivity index (χ0) is 17.6. The van der Waals surface area contributed by atoms with Crippen LogP contribution in [0.4, 0.5) is 11.6 Å². The molecule has 0 aliphatic heterocycles. The Morgan fingerprint density at radius 1 is 1.12 bits per heavy atom. The Kier molecular flexibility index (Phi) is 5.23. The third-order valence-corrected chi connectivity index (χ3v) is 4.14. The lowest BCUT2D eigenvalue weighted by atomic mass is 10.2. The lowest BCUT2D eigenvalue weighted by Crippen LogP contribution is -2.33. The van der Waals surface area contributed by atoms with Gasteiger partial charge in [-0.25, -0.2) is 14.8 Å². The zero-order valence-electron chi connectivity index (χ0n) is 14.0. The molecular weight excluding hydrogens is 320 g/mol. The van der Waals surface area contributed by atoms with E-state index in [2.05, 4.69) is 25.3 Å². The molecule has 25 heavy (non-hydrogen) atoms. The molecule has 7 nitrogen and oxygen atoms in total. The van der Waals surface area contributed by atoms with Crippen molar-refractivity contribution in [3.8, 4) is 0 Å². The number of hydrogen-bond donors (Lipinski definition) is 2. The van der Waals surface area contributed by atoms with E-state index in [0.717, 1.165) is 25.7 Å². The topological polar surface area (TPSA) is 93.2 Å². The minimum Gasteiger partial charge on any atom is -0.465 e. The Morgan fingerprint density at radius 3 is 2.52 bits per heavy atom. The van der Waals surface area contributed by atoms with Gasteiger partial charge in [0.05, 0.1) is 12.7 Å². The van der Waals surface area contributed by atoms with E-state index in [4.69, 9.17) is 0 Å². The molecule has 1 aliphatic rings. The summed E-state index contributed by atoms with van der Waals surface area (Å²) in [6.45, 7) is 0. The van der Waals surface area contributed by atoms with Crippen LogP contribution in [0.5, 0.6) is 0 Å². The predicted molar refractivity (Wildman–Crippen MR) is 92.8 cm³/mol. The van der Waals surface area contributed by atoms with Crippen molar-refractivity contribution in [3.63, 3.8) is 0 Å². The molecule has 1 aromatic carbocycles. The van der Waals surface area contributed by atoms with Gasteiger partial charge in [-0.05, 0) is 43.2 Å². The van der Waals surface area contributed by atoms with Gasteiger partial charge in [-0.2, -0.15) is 0 Å². The van der Waals surface area contributed by atoms with Gasteiger partial charge in [0, 0.05) is 17.9 Å². The SMILES string of the molecule is COC(=O)c1ccc(Nc2nccc(C(=O)NC3CCCC3)n2)cc1. The van der Waals surface area contributed by atoms with Crippen molar-refractivity contribution >= 4 is 23.5 Å². The highest BCUT2D eigenvalue weighted by atomic mass is 16.5. The molecule has 7 heteroatoms.